The maximum atomic E-state index is 6.68. The number of para-hydroxylation sites is 2. The third-order valence-electron chi connectivity index (χ3n) is 20.0. The van der Waals surface area contributed by atoms with Crippen molar-refractivity contribution < 1.29 is 4.42 Å². The topological polar surface area (TPSA) is 16.4 Å². The van der Waals surface area contributed by atoms with E-state index in [4.69, 9.17) is 4.42 Å². The van der Waals surface area contributed by atoms with Crippen molar-refractivity contribution in [2.24, 2.45) is 0 Å². The maximum Gasteiger partial charge on any atom is 0.136 e. The van der Waals surface area contributed by atoms with Crippen LogP contribution in [0.1, 0.15) is 150 Å². The normalized spacial score (nSPS) is 14.8. The van der Waals surface area contributed by atoms with Gasteiger partial charge in [0.25, 0.3) is 0 Å². The van der Waals surface area contributed by atoms with Crippen molar-refractivity contribution in [3.8, 4) is 44.5 Å². The molecule has 16 rings (SSSR count). The van der Waals surface area contributed by atoms with Crippen LogP contribution >= 0.6 is 11.8 Å². The van der Waals surface area contributed by atoms with Gasteiger partial charge in [0, 0.05) is 37.5 Å². The molecule has 2 spiro atoms. The lowest BCUT2D eigenvalue weighted by Gasteiger charge is -2.41. The molecule has 4 aliphatic rings. The summed E-state index contributed by atoms with van der Waals surface area (Å²) in [4.78, 5) is 5.17. The van der Waals surface area contributed by atoms with Gasteiger partial charge in [-0.2, -0.15) is 0 Å². The van der Waals surface area contributed by atoms with E-state index >= 15 is 0 Å². The third-order valence-corrected chi connectivity index (χ3v) is 21.2. The zero-order chi connectivity index (χ0) is 59.9. The predicted molar refractivity (Wildman–Crippen MR) is 366 cm³/mol. The molecule has 3 heteroatoms. The number of furan rings is 1. The molecule has 2 heterocycles. The van der Waals surface area contributed by atoms with Gasteiger partial charge in [-0.1, -0.05) is 265 Å². The van der Waals surface area contributed by atoms with Crippen LogP contribution in [0.15, 0.2) is 239 Å². The van der Waals surface area contributed by atoms with Crippen LogP contribution < -0.4 is 4.90 Å². The summed E-state index contributed by atoms with van der Waals surface area (Å²) < 4.78 is 6.68. The molecule has 87 heavy (non-hydrogen) atoms. The summed E-state index contributed by atoms with van der Waals surface area (Å²) >= 11 is 1.91. The van der Waals surface area contributed by atoms with Crippen LogP contribution in [0.2, 0.25) is 0 Å². The van der Waals surface area contributed by atoms with Crippen molar-refractivity contribution in [3.63, 3.8) is 0 Å². The van der Waals surface area contributed by atoms with E-state index < -0.39 is 10.8 Å². The van der Waals surface area contributed by atoms with Crippen molar-refractivity contribution in [2.75, 3.05) is 4.90 Å². The van der Waals surface area contributed by atoms with Gasteiger partial charge in [0.15, 0.2) is 0 Å². The second-order valence-electron chi connectivity index (χ2n) is 29.2. The highest BCUT2D eigenvalue weighted by atomic mass is 32.2. The molecule has 0 radical (unpaired) electrons. The minimum absolute atomic E-state index is 0.0698. The summed E-state index contributed by atoms with van der Waals surface area (Å²) in [5.41, 5.74) is 29.7. The Balaban J connectivity index is 1.02. The Labute approximate surface area is 518 Å². The molecule has 0 saturated carbocycles. The van der Waals surface area contributed by atoms with Gasteiger partial charge in [-0.25, -0.2) is 0 Å². The number of hydrogen-bond donors (Lipinski definition) is 0. The van der Waals surface area contributed by atoms with Crippen LogP contribution in [-0.4, -0.2) is 0 Å². The van der Waals surface area contributed by atoms with E-state index in [0.29, 0.717) is 0 Å². The molecule has 3 aliphatic carbocycles. The standard InChI is InChI=1S/C84H73NOS/c1-79(2,3)50-32-38-57-58-39-33-51(80(4,5)6)45-68(58)83(67(57)44-50)65-26-16-13-22-56(65)61-42-36-54(48-71(61)83)85(73-28-18-14-23-62(73)63-25-21-30-75-78(63)64-24-15-19-29-74(64)86-75)55-37-43-77-72(49-55)84(66-27-17-20-31-76(66)87-77)69-46-52(81(7,8)9)34-40-59(69)60-41-35-53(47-70(60)84)82(10,11)12/h13-49H,1-12H3. The average molecular weight is 1140 g/mol. The summed E-state index contributed by atoms with van der Waals surface area (Å²) in [5.74, 6) is 0. The lowest BCUT2D eigenvalue weighted by atomic mass is 9.66. The fourth-order valence-corrected chi connectivity index (χ4v) is 16.7. The van der Waals surface area contributed by atoms with Crippen molar-refractivity contribution in [1.29, 1.82) is 0 Å². The Morgan fingerprint density at radius 3 is 1.25 bits per heavy atom. The first-order valence-electron chi connectivity index (χ1n) is 31.2. The number of hydrogen-bond acceptors (Lipinski definition) is 3. The number of anilines is 3. The molecule has 12 aromatic rings. The minimum Gasteiger partial charge on any atom is -0.456 e. The first kappa shape index (κ1) is 53.8. The van der Waals surface area contributed by atoms with Gasteiger partial charge in [0.1, 0.15) is 11.2 Å². The van der Waals surface area contributed by atoms with E-state index in [1.165, 1.54) is 110 Å². The highest BCUT2D eigenvalue weighted by molar-refractivity contribution is 7.99. The Morgan fingerprint density at radius 1 is 0.299 bits per heavy atom. The van der Waals surface area contributed by atoms with E-state index in [-0.39, 0.29) is 21.7 Å². The SMILES string of the molecule is CC(C)(C)c1ccc2c(c1)C1(c3ccccc3Sc3ccc(N(c4ccc5c(c4)C4(c6ccccc6-5)c5cc(C(C)(C)C)ccc5-c5ccc(C(C)(C)C)cc54)c4ccccc4-c4cccc5oc6ccccc6c45)cc31)c1cc(C(C)(C)C)ccc1-2. The molecule has 2 nitrogen and oxygen atoms in total. The number of nitrogens with zero attached hydrogens (tertiary/aromatic N) is 1. The summed E-state index contributed by atoms with van der Waals surface area (Å²) in [5, 5.41) is 2.23. The summed E-state index contributed by atoms with van der Waals surface area (Å²) in [6.45, 7) is 28.3. The molecular formula is C84H73NOS. The quantitative estimate of drug-likeness (QED) is 0.175. The molecule has 0 N–H and O–H groups in total. The van der Waals surface area contributed by atoms with Gasteiger partial charge < -0.3 is 9.32 Å². The van der Waals surface area contributed by atoms with Crippen LogP contribution in [0.3, 0.4) is 0 Å². The Kier molecular flexibility index (Phi) is 11.4. The van der Waals surface area contributed by atoms with Gasteiger partial charge in [-0.05, 0) is 182 Å². The molecule has 11 aromatic carbocycles. The van der Waals surface area contributed by atoms with Crippen molar-refractivity contribution in [2.45, 2.75) is 125 Å². The van der Waals surface area contributed by atoms with E-state index in [1.807, 2.05) is 11.8 Å². The van der Waals surface area contributed by atoms with E-state index in [0.717, 1.165) is 50.1 Å². The van der Waals surface area contributed by atoms with E-state index in [2.05, 4.69) is 312 Å². The molecule has 0 bridgehead atoms. The molecular weight excluding hydrogens is 1070 g/mol. The zero-order valence-corrected chi connectivity index (χ0v) is 52.9. The molecule has 1 aliphatic heterocycles. The predicted octanol–water partition coefficient (Wildman–Crippen LogP) is 23.1. The first-order chi connectivity index (χ1) is 41.6. The molecule has 0 unspecified atom stereocenters. The van der Waals surface area contributed by atoms with Crippen LogP contribution in [0.25, 0.3) is 66.4 Å². The van der Waals surface area contributed by atoms with E-state index in [1.54, 1.807) is 0 Å². The van der Waals surface area contributed by atoms with Gasteiger partial charge in [0.2, 0.25) is 0 Å². The summed E-state index contributed by atoms with van der Waals surface area (Å²) in [6, 6.07) is 87.2. The third kappa shape index (κ3) is 7.67. The van der Waals surface area contributed by atoms with Crippen LogP contribution in [0, 0.1) is 0 Å². The van der Waals surface area contributed by atoms with Gasteiger partial charge in [-0.15, -0.1) is 0 Å². The number of fused-ring (bicyclic) bond motifs is 22. The summed E-state index contributed by atoms with van der Waals surface area (Å²) in [7, 11) is 0. The molecule has 0 atom stereocenters. The Bertz CT molecular complexity index is 4770. The second kappa shape index (κ2) is 18.5. The maximum absolute atomic E-state index is 6.68. The second-order valence-corrected chi connectivity index (χ2v) is 30.3. The average Bonchev–Trinajstić information content (AvgIpc) is 1.55. The molecule has 426 valence electrons. The molecule has 0 fully saturated rings. The molecule has 0 saturated heterocycles. The Hall–Kier alpha value is -8.63. The number of rotatable bonds is 4. The number of benzene rings is 11. The van der Waals surface area contributed by atoms with Crippen molar-refractivity contribution in [1.82, 2.24) is 0 Å². The van der Waals surface area contributed by atoms with Gasteiger partial charge in [-0.3, -0.25) is 0 Å². The van der Waals surface area contributed by atoms with Crippen molar-refractivity contribution in [3.05, 3.63) is 291 Å². The fraction of sp³-hybridized carbons (Fsp3) is 0.214. The first-order valence-corrected chi connectivity index (χ1v) is 32.0. The largest absolute Gasteiger partial charge is 0.456 e. The fourth-order valence-electron chi connectivity index (χ4n) is 15.6. The van der Waals surface area contributed by atoms with Crippen LogP contribution in [0.4, 0.5) is 17.1 Å². The summed E-state index contributed by atoms with van der Waals surface area (Å²) in [6.07, 6.45) is 0. The highest BCUT2D eigenvalue weighted by Gasteiger charge is 2.54. The molecule has 0 amide bonds. The minimum atomic E-state index is -0.636. The van der Waals surface area contributed by atoms with Crippen LogP contribution in [-0.2, 0) is 32.5 Å². The Morgan fingerprint density at radius 2 is 0.690 bits per heavy atom. The monoisotopic (exact) mass is 1140 g/mol. The lowest BCUT2D eigenvalue weighted by molar-refractivity contribution is 0.585. The smallest absolute Gasteiger partial charge is 0.136 e. The van der Waals surface area contributed by atoms with Gasteiger partial charge >= 0.3 is 0 Å². The van der Waals surface area contributed by atoms with Crippen molar-refractivity contribution >= 4 is 50.8 Å². The van der Waals surface area contributed by atoms with Crippen LogP contribution in [0.5, 0.6) is 0 Å². The lowest BCUT2D eigenvalue weighted by Crippen LogP contribution is -2.33. The van der Waals surface area contributed by atoms with Gasteiger partial charge in [0.05, 0.1) is 16.5 Å². The molecule has 1 aromatic heterocycles. The van der Waals surface area contributed by atoms with E-state index in [9.17, 15) is 0 Å². The highest BCUT2D eigenvalue weighted by Crippen LogP contribution is 2.66. The zero-order valence-electron chi connectivity index (χ0n) is 52.1.